The van der Waals surface area contributed by atoms with Crippen molar-refractivity contribution in [3.8, 4) is 0 Å². The van der Waals surface area contributed by atoms with Gasteiger partial charge in [-0.1, -0.05) is 24.3 Å². The fraction of sp³-hybridized carbons (Fsp3) is 0.200. The highest BCUT2D eigenvalue weighted by Gasteiger charge is 2.08. The van der Waals surface area contributed by atoms with Crippen molar-refractivity contribution in [3.63, 3.8) is 0 Å². The minimum absolute atomic E-state index is 0.471. The standard InChI is InChI=1S/C15H14O2/c16-13-6-3-4-11(8-13)9-14-10-12-5-1-2-7-15(12)17-14/h1-2,4-5,7-8,10,16H,3,6,9H2. The van der Waals surface area contributed by atoms with Gasteiger partial charge >= 0.3 is 0 Å². The largest absolute Gasteiger partial charge is 0.512 e. The number of furan rings is 1. The second-order valence-electron chi connectivity index (χ2n) is 4.38. The molecule has 0 bridgehead atoms. The van der Waals surface area contributed by atoms with Crippen LogP contribution in [0.3, 0.4) is 0 Å². The molecule has 1 aromatic heterocycles. The molecule has 3 rings (SSSR count). The second kappa shape index (κ2) is 4.13. The molecule has 2 nitrogen and oxygen atoms in total. The van der Waals surface area contributed by atoms with E-state index in [0.717, 1.165) is 41.6 Å². The molecule has 1 N–H and O–H groups in total. The third-order valence-electron chi connectivity index (χ3n) is 3.01. The summed E-state index contributed by atoms with van der Waals surface area (Å²) in [6, 6.07) is 10.1. The van der Waals surface area contributed by atoms with Gasteiger partial charge in [0.1, 0.15) is 11.3 Å². The summed E-state index contributed by atoms with van der Waals surface area (Å²) in [6.45, 7) is 0. The van der Waals surface area contributed by atoms with E-state index in [-0.39, 0.29) is 0 Å². The number of rotatable bonds is 2. The van der Waals surface area contributed by atoms with E-state index in [1.54, 1.807) is 0 Å². The fourth-order valence-electron chi connectivity index (χ4n) is 2.20. The van der Waals surface area contributed by atoms with Gasteiger partial charge in [0.15, 0.2) is 0 Å². The Bertz CT molecular complexity index is 569. The first-order valence-electron chi connectivity index (χ1n) is 5.87. The monoisotopic (exact) mass is 226 g/mol. The highest BCUT2D eigenvalue weighted by molar-refractivity contribution is 5.77. The van der Waals surface area contributed by atoms with Crippen LogP contribution in [0.15, 0.2) is 58.2 Å². The van der Waals surface area contributed by atoms with Crippen LogP contribution in [0.5, 0.6) is 0 Å². The lowest BCUT2D eigenvalue weighted by Gasteiger charge is -2.07. The van der Waals surface area contributed by atoms with E-state index in [1.165, 1.54) is 0 Å². The van der Waals surface area contributed by atoms with Gasteiger partial charge in [0, 0.05) is 18.2 Å². The molecule has 0 saturated carbocycles. The molecule has 0 spiro atoms. The minimum Gasteiger partial charge on any atom is -0.512 e. The number of aliphatic hydroxyl groups excluding tert-OH is 1. The van der Waals surface area contributed by atoms with Crippen LogP contribution in [-0.4, -0.2) is 5.11 Å². The highest BCUT2D eigenvalue weighted by Crippen LogP contribution is 2.23. The van der Waals surface area contributed by atoms with Crippen molar-refractivity contribution in [1.82, 2.24) is 0 Å². The van der Waals surface area contributed by atoms with E-state index < -0.39 is 0 Å². The Morgan fingerprint density at radius 1 is 1.24 bits per heavy atom. The zero-order chi connectivity index (χ0) is 11.7. The number of hydrogen-bond donors (Lipinski definition) is 1. The van der Waals surface area contributed by atoms with Crippen LogP contribution < -0.4 is 0 Å². The highest BCUT2D eigenvalue weighted by atomic mass is 16.3. The summed E-state index contributed by atoms with van der Waals surface area (Å²) in [5, 5.41) is 10.6. The van der Waals surface area contributed by atoms with Crippen molar-refractivity contribution < 1.29 is 9.52 Å². The molecule has 2 aromatic rings. The lowest BCUT2D eigenvalue weighted by atomic mass is 10.0. The number of benzene rings is 1. The zero-order valence-electron chi connectivity index (χ0n) is 9.52. The molecule has 0 radical (unpaired) electrons. The van der Waals surface area contributed by atoms with Crippen LogP contribution in [0.2, 0.25) is 0 Å². The maximum atomic E-state index is 9.49. The SMILES string of the molecule is OC1=CC(Cc2cc3ccccc3o2)=CCC1. The summed E-state index contributed by atoms with van der Waals surface area (Å²) >= 11 is 0. The Hall–Kier alpha value is -1.96. The molecular formula is C15H14O2. The molecule has 0 amide bonds. The van der Waals surface area contributed by atoms with Gasteiger partial charge in [0.05, 0.1) is 5.76 Å². The summed E-state index contributed by atoms with van der Waals surface area (Å²) in [6.07, 6.45) is 6.42. The van der Waals surface area contributed by atoms with Crippen molar-refractivity contribution in [2.24, 2.45) is 0 Å². The first-order valence-corrected chi connectivity index (χ1v) is 5.87. The first-order chi connectivity index (χ1) is 8.31. The topological polar surface area (TPSA) is 33.4 Å². The quantitative estimate of drug-likeness (QED) is 0.834. The minimum atomic E-state index is 0.471. The predicted octanol–water partition coefficient (Wildman–Crippen LogP) is 4.14. The number of aliphatic hydroxyl groups is 1. The van der Waals surface area contributed by atoms with Crippen LogP contribution in [-0.2, 0) is 6.42 Å². The maximum absolute atomic E-state index is 9.49. The Kier molecular flexibility index (Phi) is 2.48. The fourth-order valence-corrected chi connectivity index (χ4v) is 2.20. The normalized spacial score (nSPS) is 15.8. The summed E-state index contributed by atoms with van der Waals surface area (Å²) < 4.78 is 5.75. The van der Waals surface area contributed by atoms with Crippen molar-refractivity contribution in [1.29, 1.82) is 0 Å². The molecule has 2 heteroatoms. The number of allylic oxidation sites excluding steroid dienone is 4. The molecule has 17 heavy (non-hydrogen) atoms. The molecule has 1 aliphatic carbocycles. The van der Waals surface area contributed by atoms with Crippen LogP contribution >= 0.6 is 0 Å². The molecule has 0 unspecified atom stereocenters. The van der Waals surface area contributed by atoms with Crippen molar-refractivity contribution in [3.05, 3.63) is 59.6 Å². The average molecular weight is 226 g/mol. The van der Waals surface area contributed by atoms with Gasteiger partial charge < -0.3 is 9.52 Å². The number of hydrogen-bond acceptors (Lipinski definition) is 2. The molecule has 0 saturated heterocycles. The third kappa shape index (κ3) is 2.11. The van der Waals surface area contributed by atoms with Gasteiger partial charge in [0.25, 0.3) is 0 Å². The van der Waals surface area contributed by atoms with Gasteiger partial charge in [0.2, 0.25) is 0 Å². The summed E-state index contributed by atoms with van der Waals surface area (Å²) in [5.74, 6) is 1.42. The lowest BCUT2D eigenvalue weighted by Crippen LogP contribution is -1.94. The second-order valence-corrected chi connectivity index (χ2v) is 4.38. The van der Waals surface area contributed by atoms with Gasteiger partial charge in [-0.15, -0.1) is 0 Å². The van der Waals surface area contributed by atoms with E-state index in [9.17, 15) is 5.11 Å². The van der Waals surface area contributed by atoms with E-state index >= 15 is 0 Å². The number of para-hydroxylation sites is 1. The van der Waals surface area contributed by atoms with Crippen LogP contribution in [0.25, 0.3) is 11.0 Å². The lowest BCUT2D eigenvalue weighted by molar-refractivity contribution is 0.386. The maximum Gasteiger partial charge on any atom is 0.134 e. The van der Waals surface area contributed by atoms with Gasteiger partial charge in [-0.2, -0.15) is 0 Å². The molecule has 1 aliphatic rings. The molecule has 1 heterocycles. The Morgan fingerprint density at radius 3 is 2.94 bits per heavy atom. The van der Waals surface area contributed by atoms with Crippen molar-refractivity contribution in [2.45, 2.75) is 19.3 Å². The van der Waals surface area contributed by atoms with Gasteiger partial charge in [-0.05, 0) is 30.2 Å². The van der Waals surface area contributed by atoms with E-state index in [4.69, 9.17) is 4.42 Å². The summed E-state index contributed by atoms with van der Waals surface area (Å²) in [4.78, 5) is 0. The van der Waals surface area contributed by atoms with Crippen molar-refractivity contribution >= 4 is 11.0 Å². The molecule has 0 aliphatic heterocycles. The van der Waals surface area contributed by atoms with E-state index in [0.29, 0.717) is 5.76 Å². The van der Waals surface area contributed by atoms with Crippen LogP contribution in [0, 0.1) is 0 Å². The molecule has 0 fully saturated rings. The Balaban J connectivity index is 1.88. The summed E-state index contributed by atoms with van der Waals surface area (Å²) in [7, 11) is 0. The molecule has 86 valence electrons. The van der Waals surface area contributed by atoms with Crippen molar-refractivity contribution in [2.75, 3.05) is 0 Å². The van der Waals surface area contributed by atoms with Gasteiger partial charge in [-0.3, -0.25) is 0 Å². The Labute approximate surface area is 99.9 Å². The molecule has 0 atom stereocenters. The smallest absolute Gasteiger partial charge is 0.134 e. The molecule has 1 aromatic carbocycles. The van der Waals surface area contributed by atoms with E-state index in [1.807, 2.05) is 30.3 Å². The predicted molar refractivity (Wildman–Crippen MR) is 67.9 cm³/mol. The Morgan fingerprint density at radius 2 is 2.12 bits per heavy atom. The third-order valence-corrected chi connectivity index (χ3v) is 3.01. The van der Waals surface area contributed by atoms with Crippen LogP contribution in [0.4, 0.5) is 0 Å². The number of fused-ring (bicyclic) bond motifs is 1. The van der Waals surface area contributed by atoms with Crippen LogP contribution in [0.1, 0.15) is 18.6 Å². The first kappa shape index (κ1) is 10.2. The van der Waals surface area contributed by atoms with E-state index in [2.05, 4.69) is 12.1 Å². The zero-order valence-corrected chi connectivity index (χ0v) is 9.52. The molecular weight excluding hydrogens is 212 g/mol. The van der Waals surface area contributed by atoms with Gasteiger partial charge in [-0.25, -0.2) is 0 Å². The average Bonchev–Trinajstić information content (AvgIpc) is 2.71. The summed E-state index contributed by atoms with van der Waals surface area (Å²) in [5.41, 5.74) is 2.06.